The Labute approximate surface area is 187 Å². The predicted octanol–water partition coefficient (Wildman–Crippen LogP) is 3.26. The minimum Gasteiger partial charge on any atom is -0.493 e. The smallest absolute Gasteiger partial charge is 0.193 e. The van der Waals surface area contributed by atoms with Crippen LogP contribution >= 0.6 is 0 Å². The fourth-order valence-corrected chi connectivity index (χ4v) is 4.17. The minimum absolute atomic E-state index is 0.294. The number of likely N-dealkylation sites (tertiary alicyclic amines) is 1. The second-order valence-corrected chi connectivity index (χ2v) is 8.18. The normalized spacial score (nSPS) is 20.5. The van der Waals surface area contributed by atoms with Crippen LogP contribution < -0.4 is 14.8 Å². The van der Waals surface area contributed by atoms with Crippen LogP contribution in [-0.2, 0) is 15.9 Å². The van der Waals surface area contributed by atoms with Crippen molar-refractivity contribution >= 4 is 5.96 Å². The molecule has 0 spiro atoms. The molecule has 0 bridgehead atoms. The van der Waals surface area contributed by atoms with Gasteiger partial charge >= 0.3 is 0 Å². The standard InChI is InChI=1S/C24H39N3O4/c1-4-25-24(26-13-10-19-8-9-22(28-2)23(17-19)29-3)27-14-11-20(12-15-27)31-18-21-7-5-6-16-30-21/h8-9,17,20-21H,4-7,10-16,18H2,1-3H3,(H,25,26). The van der Waals surface area contributed by atoms with Crippen molar-refractivity contribution in [3.63, 3.8) is 0 Å². The van der Waals surface area contributed by atoms with Crippen molar-refractivity contribution < 1.29 is 18.9 Å². The number of benzene rings is 1. The lowest BCUT2D eigenvalue weighted by Crippen LogP contribution is -2.47. The number of nitrogens with one attached hydrogen (secondary N) is 1. The van der Waals surface area contributed by atoms with Gasteiger partial charge in [-0.15, -0.1) is 0 Å². The Morgan fingerprint density at radius 3 is 2.61 bits per heavy atom. The zero-order valence-corrected chi connectivity index (χ0v) is 19.4. The predicted molar refractivity (Wildman–Crippen MR) is 123 cm³/mol. The number of hydrogen-bond donors (Lipinski definition) is 1. The molecule has 174 valence electrons. The van der Waals surface area contributed by atoms with Gasteiger partial charge in [-0.3, -0.25) is 4.99 Å². The summed E-state index contributed by atoms with van der Waals surface area (Å²) < 4.78 is 22.7. The first-order valence-electron chi connectivity index (χ1n) is 11.7. The molecule has 1 aromatic rings. The van der Waals surface area contributed by atoms with Crippen LogP contribution in [-0.4, -0.2) is 76.7 Å². The Kier molecular flexibility index (Phi) is 9.75. The third kappa shape index (κ3) is 7.28. The number of methoxy groups -OCH3 is 2. The maximum Gasteiger partial charge on any atom is 0.193 e. The maximum absolute atomic E-state index is 6.16. The van der Waals surface area contributed by atoms with E-state index in [2.05, 4.69) is 23.2 Å². The molecule has 0 amide bonds. The van der Waals surface area contributed by atoms with Crippen LogP contribution in [0.4, 0.5) is 0 Å². The molecule has 7 heteroatoms. The minimum atomic E-state index is 0.294. The molecule has 1 atom stereocenters. The average molecular weight is 434 g/mol. The van der Waals surface area contributed by atoms with Gasteiger partial charge in [0.25, 0.3) is 0 Å². The molecular formula is C24H39N3O4. The summed E-state index contributed by atoms with van der Waals surface area (Å²) in [6.07, 6.45) is 7.14. The van der Waals surface area contributed by atoms with Crippen molar-refractivity contribution in [2.75, 3.05) is 53.6 Å². The van der Waals surface area contributed by atoms with Gasteiger partial charge in [0, 0.05) is 32.8 Å². The van der Waals surface area contributed by atoms with Crippen molar-refractivity contribution in [1.82, 2.24) is 10.2 Å². The van der Waals surface area contributed by atoms with Crippen molar-refractivity contribution in [2.24, 2.45) is 4.99 Å². The highest BCUT2D eigenvalue weighted by Crippen LogP contribution is 2.27. The summed E-state index contributed by atoms with van der Waals surface area (Å²) in [7, 11) is 3.32. The molecule has 2 fully saturated rings. The maximum atomic E-state index is 6.16. The van der Waals surface area contributed by atoms with Crippen molar-refractivity contribution in [3.8, 4) is 11.5 Å². The van der Waals surface area contributed by atoms with E-state index < -0.39 is 0 Å². The lowest BCUT2D eigenvalue weighted by molar-refractivity contribution is -0.0721. The van der Waals surface area contributed by atoms with E-state index in [0.717, 1.165) is 82.5 Å². The van der Waals surface area contributed by atoms with Crippen molar-refractivity contribution in [1.29, 1.82) is 0 Å². The third-order valence-electron chi connectivity index (χ3n) is 5.98. The SMILES string of the molecule is CCNC(=NCCc1ccc(OC)c(OC)c1)N1CCC(OCC2CCCCO2)CC1. The highest BCUT2D eigenvalue weighted by molar-refractivity contribution is 5.80. The second kappa shape index (κ2) is 12.8. The van der Waals surface area contributed by atoms with E-state index in [9.17, 15) is 0 Å². The quantitative estimate of drug-likeness (QED) is 0.476. The first kappa shape index (κ1) is 23.7. The van der Waals surface area contributed by atoms with Crippen LogP contribution in [0.2, 0.25) is 0 Å². The summed E-state index contributed by atoms with van der Waals surface area (Å²) in [6.45, 7) is 7.28. The first-order valence-corrected chi connectivity index (χ1v) is 11.7. The molecule has 1 unspecified atom stereocenters. The van der Waals surface area contributed by atoms with Crippen molar-refractivity contribution in [2.45, 2.75) is 57.7 Å². The zero-order valence-electron chi connectivity index (χ0n) is 19.4. The van der Waals surface area contributed by atoms with Gasteiger partial charge in [0.15, 0.2) is 17.5 Å². The van der Waals surface area contributed by atoms with Gasteiger partial charge in [-0.2, -0.15) is 0 Å². The number of rotatable bonds is 9. The topological polar surface area (TPSA) is 64.6 Å². The van der Waals surface area contributed by atoms with Gasteiger partial charge < -0.3 is 29.2 Å². The lowest BCUT2D eigenvalue weighted by atomic mass is 10.1. The highest BCUT2D eigenvalue weighted by atomic mass is 16.5. The summed E-state index contributed by atoms with van der Waals surface area (Å²) in [4.78, 5) is 7.23. The van der Waals surface area contributed by atoms with Gasteiger partial charge in [-0.25, -0.2) is 0 Å². The molecule has 0 radical (unpaired) electrons. The van der Waals surface area contributed by atoms with Gasteiger partial charge in [0.2, 0.25) is 0 Å². The highest BCUT2D eigenvalue weighted by Gasteiger charge is 2.23. The Hall–Kier alpha value is -1.99. The van der Waals surface area contributed by atoms with E-state index in [1.807, 2.05) is 12.1 Å². The van der Waals surface area contributed by atoms with Crippen LogP contribution in [0.25, 0.3) is 0 Å². The number of aliphatic imine (C=N–C) groups is 1. The molecule has 1 aromatic carbocycles. The van der Waals surface area contributed by atoms with E-state index in [0.29, 0.717) is 12.2 Å². The van der Waals surface area contributed by atoms with E-state index >= 15 is 0 Å². The first-order chi connectivity index (χ1) is 15.2. The van der Waals surface area contributed by atoms with E-state index in [-0.39, 0.29) is 0 Å². The van der Waals surface area contributed by atoms with Crippen LogP contribution in [0.3, 0.4) is 0 Å². The molecule has 3 rings (SSSR count). The number of hydrogen-bond acceptors (Lipinski definition) is 5. The fraction of sp³-hybridized carbons (Fsp3) is 0.708. The molecule has 1 N–H and O–H groups in total. The largest absolute Gasteiger partial charge is 0.493 e. The summed E-state index contributed by atoms with van der Waals surface area (Å²) in [5.74, 6) is 2.51. The molecule has 7 nitrogen and oxygen atoms in total. The number of nitrogens with zero attached hydrogens (tertiary/aromatic N) is 2. The van der Waals surface area contributed by atoms with Gasteiger partial charge in [-0.05, 0) is 63.1 Å². The van der Waals surface area contributed by atoms with Crippen LogP contribution in [0.15, 0.2) is 23.2 Å². The van der Waals surface area contributed by atoms with Crippen LogP contribution in [0.5, 0.6) is 11.5 Å². The summed E-state index contributed by atoms with van der Waals surface area (Å²) >= 11 is 0. The van der Waals surface area contributed by atoms with Gasteiger partial charge in [-0.1, -0.05) is 6.07 Å². The summed E-state index contributed by atoms with van der Waals surface area (Å²) in [5.41, 5.74) is 1.19. The van der Waals surface area contributed by atoms with Crippen molar-refractivity contribution in [3.05, 3.63) is 23.8 Å². The molecule has 2 aliphatic heterocycles. The Morgan fingerprint density at radius 1 is 1.13 bits per heavy atom. The third-order valence-corrected chi connectivity index (χ3v) is 5.98. The molecule has 0 aromatic heterocycles. The number of guanidine groups is 1. The fourth-order valence-electron chi connectivity index (χ4n) is 4.17. The molecule has 0 aliphatic carbocycles. The van der Waals surface area contributed by atoms with E-state index in [4.69, 9.17) is 23.9 Å². The second-order valence-electron chi connectivity index (χ2n) is 8.18. The zero-order chi connectivity index (χ0) is 21.9. The van der Waals surface area contributed by atoms with E-state index in [1.165, 1.54) is 18.4 Å². The van der Waals surface area contributed by atoms with Gasteiger partial charge in [0.1, 0.15) is 0 Å². The number of piperidine rings is 1. The van der Waals surface area contributed by atoms with Crippen LogP contribution in [0, 0.1) is 0 Å². The summed E-state index contributed by atoms with van der Waals surface area (Å²) in [6, 6.07) is 6.05. The summed E-state index contributed by atoms with van der Waals surface area (Å²) in [5, 5.41) is 3.45. The van der Waals surface area contributed by atoms with Gasteiger partial charge in [0.05, 0.1) is 33.0 Å². The Bertz CT molecular complexity index is 683. The monoisotopic (exact) mass is 433 g/mol. The molecule has 31 heavy (non-hydrogen) atoms. The Balaban J connectivity index is 1.46. The molecule has 2 saturated heterocycles. The average Bonchev–Trinajstić information content (AvgIpc) is 2.83. The lowest BCUT2D eigenvalue weighted by Gasteiger charge is -2.35. The Morgan fingerprint density at radius 2 is 1.94 bits per heavy atom. The molecular weight excluding hydrogens is 394 g/mol. The molecule has 2 aliphatic rings. The van der Waals surface area contributed by atoms with E-state index in [1.54, 1.807) is 14.2 Å². The molecule has 2 heterocycles. The molecule has 0 saturated carbocycles. The van der Waals surface area contributed by atoms with Crippen LogP contribution in [0.1, 0.15) is 44.6 Å². The number of ether oxygens (including phenoxy) is 4.